The van der Waals surface area contributed by atoms with Crippen LogP contribution in [-0.2, 0) is 0 Å². The molecule has 0 spiro atoms. The smallest absolute Gasteiger partial charge is 0.121 e. The summed E-state index contributed by atoms with van der Waals surface area (Å²) in [5.74, 6) is -0.292. The van der Waals surface area contributed by atoms with Crippen molar-refractivity contribution in [1.29, 1.82) is 0 Å². The normalized spacial score (nSPS) is 25.6. The average Bonchev–Trinajstić information content (AvgIpc) is 1.99. The molecule has 0 fully saturated rings. The molecule has 1 rings (SSSR count). The zero-order valence-electron chi connectivity index (χ0n) is 4.92. The number of hydrogen-bond acceptors (Lipinski definition) is 1. The van der Waals surface area contributed by atoms with E-state index in [1.807, 2.05) is 0 Å². The van der Waals surface area contributed by atoms with E-state index in [1.54, 1.807) is 24.3 Å². The Morgan fingerprint density at radius 3 is 2.89 bits per heavy atom. The maximum absolute atomic E-state index is 12.5. The Morgan fingerprint density at radius 2 is 2.11 bits per heavy atom. The number of halogens is 1. The standard InChI is InChI=1S/C7H8FN/c8-6-4-2-1-3-5-7(6)9/h1-5,7H,9H2. The third kappa shape index (κ3) is 1.50. The van der Waals surface area contributed by atoms with Gasteiger partial charge in [-0.05, 0) is 6.08 Å². The van der Waals surface area contributed by atoms with E-state index in [-0.39, 0.29) is 5.83 Å². The van der Waals surface area contributed by atoms with Gasteiger partial charge in [-0.15, -0.1) is 0 Å². The summed E-state index contributed by atoms with van der Waals surface area (Å²) in [5, 5.41) is 0. The Kier molecular flexibility index (Phi) is 1.80. The third-order valence-corrected chi connectivity index (χ3v) is 1.11. The van der Waals surface area contributed by atoms with Crippen LogP contribution in [0.15, 0.2) is 36.2 Å². The molecule has 0 heterocycles. The molecule has 0 saturated heterocycles. The van der Waals surface area contributed by atoms with E-state index in [0.29, 0.717) is 0 Å². The van der Waals surface area contributed by atoms with E-state index in [0.717, 1.165) is 0 Å². The van der Waals surface area contributed by atoms with Crippen LogP contribution in [0.2, 0.25) is 0 Å². The third-order valence-electron chi connectivity index (χ3n) is 1.11. The first-order chi connectivity index (χ1) is 4.30. The summed E-state index contributed by atoms with van der Waals surface area (Å²) < 4.78 is 12.5. The van der Waals surface area contributed by atoms with Crippen LogP contribution in [0.3, 0.4) is 0 Å². The number of rotatable bonds is 0. The summed E-state index contributed by atoms with van der Waals surface area (Å²) in [4.78, 5) is 0. The molecule has 0 aromatic carbocycles. The second-order valence-corrected chi connectivity index (χ2v) is 1.85. The van der Waals surface area contributed by atoms with Crippen molar-refractivity contribution < 1.29 is 4.39 Å². The quantitative estimate of drug-likeness (QED) is 0.518. The van der Waals surface area contributed by atoms with Gasteiger partial charge < -0.3 is 5.73 Å². The molecule has 0 radical (unpaired) electrons. The Labute approximate surface area is 53.4 Å². The van der Waals surface area contributed by atoms with E-state index >= 15 is 0 Å². The van der Waals surface area contributed by atoms with Crippen LogP contribution in [0.5, 0.6) is 0 Å². The fraction of sp³-hybridized carbons (Fsp3) is 0.143. The Bertz CT molecular complexity index is 179. The molecule has 0 amide bonds. The Morgan fingerprint density at radius 1 is 1.33 bits per heavy atom. The summed E-state index contributed by atoms with van der Waals surface area (Å²) in [5.41, 5.74) is 5.31. The van der Waals surface area contributed by atoms with E-state index in [2.05, 4.69) is 0 Å². The van der Waals surface area contributed by atoms with Crippen LogP contribution in [0, 0.1) is 0 Å². The first-order valence-electron chi connectivity index (χ1n) is 2.77. The first kappa shape index (κ1) is 6.23. The fourth-order valence-electron chi connectivity index (χ4n) is 0.599. The highest BCUT2D eigenvalue weighted by molar-refractivity contribution is 5.24. The zero-order chi connectivity index (χ0) is 6.69. The molecule has 0 aromatic rings. The minimum atomic E-state index is -0.556. The summed E-state index contributed by atoms with van der Waals surface area (Å²) in [6, 6.07) is -0.556. The maximum Gasteiger partial charge on any atom is 0.121 e. The minimum absolute atomic E-state index is 0.292. The lowest BCUT2D eigenvalue weighted by Gasteiger charge is -1.98. The van der Waals surface area contributed by atoms with Crippen LogP contribution < -0.4 is 5.73 Å². The average molecular weight is 125 g/mol. The molecule has 0 aromatic heterocycles. The Hall–Kier alpha value is -0.890. The largest absolute Gasteiger partial charge is 0.319 e. The van der Waals surface area contributed by atoms with Crippen molar-refractivity contribution in [2.45, 2.75) is 6.04 Å². The van der Waals surface area contributed by atoms with Gasteiger partial charge in [-0.2, -0.15) is 0 Å². The molecule has 1 atom stereocenters. The molecule has 9 heavy (non-hydrogen) atoms. The lowest BCUT2D eigenvalue weighted by Crippen LogP contribution is -2.16. The number of hydrogen-bond donors (Lipinski definition) is 1. The van der Waals surface area contributed by atoms with Gasteiger partial charge in [0, 0.05) is 0 Å². The maximum atomic E-state index is 12.5. The number of nitrogens with two attached hydrogens (primary N) is 1. The van der Waals surface area contributed by atoms with Crippen LogP contribution in [-0.4, -0.2) is 6.04 Å². The molecule has 1 unspecified atom stereocenters. The molecule has 1 aliphatic carbocycles. The molecular formula is C7H8FN. The van der Waals surface area contributed by atoms with Crippen molar-refractivity contribution >= 4 is 0 Å². The molecule has 0 saturated carbocycles. The molecule has 2 N–H and O–H groups in total. The summed E-state index contributed by atoms with van der Waals surface area (Å²) >= 11 is 0. The van der Waals surface area contributed by atoms with E-state index in [9.17, 15) is 4.39 Å². The topological polar surface area (TPSA) is 26.0 Å². The van der Waals surface area contributed by atoms with Gasteiger partial charge in [0.05, 0.1) is 6.04 Å². The van der Waals surface area contributed by atoms with Crippen LogP contribution >= 0.6 is 0 Å². The molecular weight excluding hydrogens is 117 g/mol. The van der Waals surface area contributed by atoms with E-state index < -0.39 is 6.04 Å². The van der Waals surface area contributed by atoms with Crippen molar-refractivity contribution in [1.82, 2.24) is 0 Å². The molecule has 1 nitrogen and oxygen atoms in total. The van der Waals surface area contributed by atoms with Crippen LogP contribution in [0.1, 0.15) is 0 Å². The van der Waals surface area contributed by atoms with Crippen molar-refractivity contribution in [2.24, 2.45) is 5.73 Å². The van der Waals surface area contributed by atoms with Crippen LogP contribution in [0.4, 0.5) is 4.39 Å². The van der Waals surface area contributed by atoms with E-state index in [1.165, 1.54) is 6.08 Å². The minimum Gasteiger partial charge on any atom is -0.319 e. The van der Waals surface area contributed by atoms with Gasteiger partial charge in [-0.1, -0.05) is 24.3 Å². The highest BCUT2D eigenvalue weighted by Gasteiger charge is 2.02. The van der Waals surface area contributed by atoms with Crippen molar-refractivity contribution in [2.75, 3.05) is 0 Å². The monoisotopic (exact) mass is 125 g/mol. The number of allylic oxidation sites excluding steroid dienone is 4. The first-order valence-corrected chi connectivity index (χ1v) is 2.77. The van der Waals surface area contributed by atoms with Crippen molar-refractivity contribution in [3.63, 3.8) is 0 Å². The van der Waals surface area contributed by atoms with Gasteiger partial charge >= 0.3 is 0 Å². The van der Waals surface area contributed by atoms with Gasteiger partial charge in [0.25, 0.3) is 0 Å². The predicted octanol–water partition coefficient (Wildman–Crippen LogP) is 1.29. The molecule has 0 aliphatic heterocycles. The molecule has 1 aliphatic rings. The Balaban J connectivity index is 2.80. The summed E-state index contributed by atoms with van der Waals surface area (Å²) in [6.07, 6.45) is 8.07. The summed E-state index contributed by atoms with van der Waals surface area (Å²) in [7, 11) is 0. The van der Waals surface area contributed by atoms with Crippen molar-refractivity contribution in [3.05, 3.63) is 36.2 Å². The summed E-state index contributed by atoms with van der Waals surface area (Å²) in [6.45, 7) is 0. The van der Waals surface area contributed by atoms with E-state index in [4.69, 9.17) is 5.73 Å². The van der Waals surface area contributed by atoms with Gasteiger partial charge in [0.2, 0.25) is 0 Å². The van der Waals surface area contributed by atoms with Crippen LogP contribution in [0.25, 0.3) is 0 Å². The highest BCUT2D eigenvalue weighted by atomic mass is 19.1. The molecule has 0 bridgehead atoms. The van der Waals surface area contributed by atoms with Crippen molar-refractivity contribution in [3.8, 4) is 0 Å². The lowest BCUT2D eigenvalue weighted by molar-refractivity contribution is 0.582. The molecule has 48 valence electrons. The fourth-order valence-corrected chi connectivity index (χ4v) is 0.599. The van der Waals surface area contributed by atoms with Gasteiger partial charge in [0.1, 0.15) is 5.83 Å². The zero-order valence-corrected chi connectivity index (χ0v) is 4.92. The molecule has 2 heteroatoms. The predicted molar refractivity (Wildman–Crippen MR) is 35.4 cm³/mol. The highest BCUT2D eigenvalue weighted by Crippen LogP contribution is 2.05. The second-order valence-electron chi connectivity index (χ2n) is 1.85. The SMILES string of the molecule is NC1C=CC=CC=C1F. The lowest BCUT2D eigenvalue weighted by atomic mass is 10.2. The van der Waals surface area contributed by atoms with Gasteiger partial charge in [-0.3, -0.25) is 0 Å². The van der Waals surface area contributed by atoms with Gasteiger partial charge in [0.15, 0.2) is 0 Å². The van der Waals surface area contributed by atoms with Gasteiger partial charge in [-0.25, -0.2) is 4.39 Å². The second kappa shape index (κ2) is 2.60.